The fraction of sp³-hybridized carbons (Fsp3) is 0.643. The quantitative estimate of drug-likeness (QED) is 0.809. The maximum atomic E-state index is 6.20. The normalized spacial score (nSPS) is 19.5. The summed E-state index contributed by atoms with van der Waals surface area (Å²) >= 11 is 6.20. The van der Waals surface area contributed by atoms with E-state index in [1.54, 1.807) is 10.9 Å². The molecule has 0 bridgehead atoms. The lowest BCUT2D eigenvalue weighted by atomic mass is 10.1. The third-order valence-corrected chi connectivity index (χ3v) is 4.08. The predicted molar refractivity (Wildman–Crippen MR) is 81.2 cm³/mol. The Kier molecular flexibility index (Phi) is 4.37. The van der Waals surface area contributed by atoms with Crippen molar-refractivity contribution in [1.82, 2.24) is 24.6 Å². The second kappa shape index (κ2) is 6.25. The molecule has 3 rings (SSSR count). The molecule has 0 saturated carbocycles. The molecule has 0 spiro atoms. The Hall–Kier alpha value is -1.24. The fourth-order valence-electron chi connectivity index (χ4n) is 2.71. The van der Waals surface area contributed by atoms with Gasteiger partial charge in [-0.2, -0.15) is 5.10 Å². The molecule has 0 N–H and O–H groups in total. The van der Waals surface area contributed by atoms with E-state index >= 15 is 0 Å². The summed E-state index contributed by atoms with van der Waals surface area (Å²) in [5.41, 5.74) is 0.771. The Labute approximate surface area is 129 Å². The summed E-state index contributed by atoms with van der Waals surface area (Å²) in [7, 11) is 3.91. The molecule has 0 amide bonds. The smallest absolute Gasteiger partial charge is 0.162 e. The molecule has 1 aliphatic heterocycles. The van der Waals surface area contributed by atoms with Crippen LogP contribution in [0.15, 0.2) is 6.20 Å². The number of nitrogens with zero attached hydrogens (tertiary/aromatic N) is 5. The highest BCUT2D eigenvalue weighted by atomic mass is 35.5. The predicted octanol–water partition coefficient (Wildman–Crippen LogP) is 2.02. The van der Waals surface area contributed by atoms with E-state index in [-0.39, 0.29) is 0 Å². The molecule has 2 aromatic heterocycles. The molecule has 3 heterocycles. The molecule has 114 valence electrons. The van der Waals surface area contributed by atoms with Gasteiger partial charge in [0.05, 0.1) is 24.2 Å². The Bertz CT molecular complexity index is 623. The molecule has 2 aromatic rings. The Balaban J connectivity index is 1.70. The third-order valence-electron chi connectivity index (χ3n) is 3.79. The highest BCUT2D eigenvalue weighted by Gasteiger charge is 2.17. The zero-order chi connectivity index (χ0) is 14.8. The van der Waals surface area contributed by atoms with Crippen LogP contribution in [0.2, 0.25) is 5.15 Å². The maximum Gasteiger partial charge on any atom is 0.162 e. The van der Waals surface area contributed by atoms with E-state index in [1.807, 2.05) is 7.05 Å². The zero-order valence-corrected chi connectivity index (χ0v) is 13.2. The molecule has 0 radical (unpaired) electrons. The van der Waals surface area contributed by atoms with Crippen molar-refractivity contribution in [2.45, 2.75) is 31.9 Å². The summed E-state index contributed by atoms with van der Waals surface area (Å²) in [4.78, 5) is 11.1. The lowest BCUT2D eigenvalue weighted by Gasteiger charge is -2.27. The minimum absolute atomic E-state index is 0.319. The lowest BCUT2D eigenvalue weighted by Crippen LogP contribution is -2.33. The monoisotopic (exact) mass is 309 g/mol. The van der Waals surface area contributed by atoms with Gasteiger partial charge in [0.15, 0.2) is 5.65 Å². The molecular formula is C14H20ClN5O. The van der Waals surface area contributed by atoms with Gasteiger partial charge in [0.25, 0.3) is 0 Å². The van der Waals surface area contributed by atoms with Crippen LogP contribution in [0.25, 0.3) is 11.0 Å². The first-order valence-corrected chi connectivity index (χ1v) is 7.65. The molecular weight excluding hydrogens is 290 g/mol. The molecule has 1 unspecified atom stereocenters. The molecule has 1 aliphatic rings. The van der Waals surface area contributed by atoms with Gasteiger partial charge in [-0.1, -0.05) is 11.6 Å². The van der Waals surface area contributed by atoms with Crippen molar-refractivity contribution in [2.24, 2.45) is 7.05 Å². The molecule has 6 nitrogen and oxygen atoms in total. The van der Waals surface area contributed by atoms with E-state index < -0.39 is 0 Å². The van der Waals surface area contributed by atoms with Gasteiger partial charge in [-0.25, -0.2) is 9.97 Å². The summed E-state index contributed by atoms with van der Waals surface area (Å²) in [6.45, 7) is 2.42. The largest absolute Gasteiger partial charge is 0.377 e. The summed E-state index contributed by atoms with van der Waals surface area (Å²) in [6.07, 6.45) is 5.57. The number of fused-ring (bicyclic) bond motifs is 1. The first kappa shape index (κ1) is 14.7. The van der Waals surface area contributed by atoms with Crippen molar-refractivity contribution >= 4 is 22.6 Å². The third kappa shape index (κ3) is 3.33. The van der Waals surface area contributed by atoms with Gasteiger partial charge in [-0.15, -0.1) is 0 Å². The Morgan fingerprint density at radius 1 is 1.43 bits per heavy atom. The number of ether oxygens (including phenoxy) is 1. The fourth-order valence-corrected chi connectivity index (χ4v) is 2.94. The number of hydrogen-bond acceptors (Lipinski definition) is 5. The summed E-state index contributed by atoms with van der Waals surface area (Å²) < 4.78 is 7.48. The van der Waals surface area contributed by atoms with Crippen molar-refractivity contribution in [3.8, 4) is 0 Å². The van der Waals surface area contributed by atoms with Crippen LogP contribution in [0.1, 0.15) is 25.1 Å². The van der Waals surface area contributed by atoms with Crippen molar-refractivity contribution in [3.05, 3.63) is 17.2 Å². The number of aryl methyl sites for hydroxylation is 1. The van der Waals surface area contributed by atoms with E-state index in [4.69, 9.17) is 16.3 Å². The van der Waals surface area contributed by atoms with E-state index in [0.29, 0.717) is 17.8 Å². The number of rotatable bonds is 4. The number of hydrogen-bond donors (Lipinski definition) is 0. The van der Waals surface area contributed by atoms with Crippen LogP contribution in [0.4, 0.5) is 0 Å². The number of aromatic nitrogens is 4. The van der Waals surface area contributed by atoms with Crippen molar-refractivity contribution < 1.29 is 4.74 Å². The average Bonchev–Trinajstić information content (AvgIpc) is 2.82. The van der Waals surface area contributed by atoms with E-state index in [9.17, 15) is 0 Å². The topological polar surface area (TPSA) is 56.1 Å². The van der Waals surface area contributed by atoms with Crippen LogP contribution in [0, 0.1) is 0 Å². The number of halogens is 1. The molecule has 21 heavy (non-hydrogen) atoms. The van der Waals surface area contributed by atoms with Gasteiger partial charge in [-0.3, -0.25) is 9.58 Å². The molecule has 0 aliphatic carbocycles. The van der Waals surface area contributed by atoms with E-state index in [1.165, 1.54) is 12.8 Å². The van der Waals surface area contributed by atoms with Crippen LogP contribution >= 0.6 is 11.6 Å². The van der Waals surface area contributed by atoms with Crippen molar-refractivity contribution in [3.63, 3.8) is 0 Å². The van der Waals surface area contributed by atoms with Gasteiger partial charge in [-0.05, 0) is 26.3 Å². The first-order valence-electron chi connectivity index (χ1n) is 7.28. The van der Waals surface area contributed by atoms with Gasteiger partial charge < -0.3 is 4.74 Å². The molecule has 1 atom stereocenters. The lowest BCUT2D eigenvalue weighted by molar-refractivity contribution is -0.00290. The molecule has 1 fully saturated rings. The van der Waals surface area contributed by atoms with Crippen LogP contribution in [0.5, 0.6) is 0 Å². The average molecular weight is 310 g/mol. The van der Waals surface area contributed by atoms with Gasteiger partial charge >= 0.3 is 0 Å². The Morgan fingerprint density at radius 3 is 3.05 bits per heavy atom. The SMILES string of the molecule is CN(Cc1nc(Cl)c2cnn(C)c2n1)CC1CCCCO1. The highest BCUT2D eigenvalue weighted by Crippen LogP contribution is 2.20. The van der Waals surface area contributed by atoms with Crippen LogP contribution in [0.3, 0.4) is 0 Å². The van der Waals surface area contributed by atoms with Crippen molar-refractivity contribution in [2.75, 3.05) is 20.2 Å². The summed E-state index contributed by atoms with van der Waals surface area (Å²) in [5.74, 6) is 0.717. The summed E-state index contributed by atoms with van der Waals surface area (Å²) in [5, 5.41) is 5.42. The Morgan fingerprint density at radius 2 is 2.29 bits per heavy atom. The first-order chi connectivity index (χ1) is 10.1. The standard InChI is InChI=1S/C14H20ClN5O/c1-19(8-10-5-3-4-6-21-10)9-12-17-13(15)11-7-16-20(2)14(11)18-12/h7,10H,3-6,8-9H2,1-2H3. The minimum atomic E-state index is 0.319. The van der Waals surface area contributed by atoms with Crippen LogP contribution in [-0.2, 0) is 18.3 Å². The van der Waals surface area contributed by atoms with E-state index in [0.717, 1.165) is 36.4 Å². The minimum Gasteiger partial charge on any atom is -0.377 e. The van der Waals surface area contributed by atoms with E-state index in [2.05, 4.69) is 27.0 Å². The van der Waals surface area contributed by atoms with Crippen LogP contribution < -0.4 is 0 Å². The molecule has 0 aromatic carbocycles. The highest BCUT2D eigenvalue weighted by molar-refractivity contribution is 6.33. The van der Waals surface area contributed by atoms with Crippen molar-refractivity contribution in [1.29, 1.82) is 0 Å². The van der Waals surface area contributed by atoms with Gasteiger partial charge in [0, 0.05) is 20.2 Å². The zero-order valence-electron chi connectivity index (χ0n) is 12.4. The summed E-state index contributed by atoms with van der Waals surface area (Å²) in [6, 6.07) is 0. The second-order valence-electron chi connectivity index (χ2n) is 5.62. The van der Waals surface area contributed by atoms with Crippen LogP contribution in [-0.4, -0.2) is 51.0 Å². The molecule has 1 saturated heterocycles. The molecule has 7 heteroatoms. The second-order valence-corrected chi connectivity index (χ2v) is 5.98. The van der Waals surface area contributed by atoms with Gasteiger partial charge in [0.1, 0.15) is 11.0 Å². The maximum absolute atomic E-state index is 6.20. The van der Waals surface area contributed by atoms with Gasteiger partial charge in [0.2, 0.25) is 0 Å². The number of likely N-dealkylation sites (N-methyl/N-ethyl adjacent to an activating group) is 1.